The lowest BCUT2D eigenvalue weighted by Gasteiger charge is -2.11. The van der Waals surface area contributed by atoms with Gasteiger partial charge in [0.25, 0.3) is 0 Å². The Morgan fingerprint density at radius 2 is 1.83 bits per heavy atom. The highest BCUT2D eigenvalue weighted by Crippen LogP contribution is 2.27. The molecule has 0 aliphatic heterocycles. The Labute approximate surface area is 169 Å². The molecule has 3 aromatic heterocycles. The highest BCUT2D eigenvalue weighted by atomic mass is 19.1. The standard InChI is InChI=1S/C22H16FN5O2/c23-15-7-3-1-5-13(15)18-17(30-16-8-4-2-6-14(16)20(18)29)9-10-28-12-27-19-21(24)25-11-26-22(19)28/h1-8,11-12H,9-10H2,(H2,24,25,26). The van der Waals surface area contributed by atoms with E-state index in [1.807, 2.05) is 0 Å². The van der Waals surface area contributed by atoms with E-state index in [1.165, 1.54) is 12.4 Å². The molecule has 0 amide bonds. The molecule has 8 heteroatoms. The number of aryl methyl sites for hydroxylation is 2. The number of aromatic nitrogens is 4. The smallest absolute Gasteiger partial charge is 0.200 e. The Balaban J connectivity index is 1.64. The minimum absolute atomic E-state index is 0.217. The molecule has 148 valence electrons. The van der Waals surface area contributed by atoms with E-state index in [0.29, 0.717) is 46.7 Å². The van der Waals surface area contributed by atoms with Crippen molar-refractivity contribution < 1.29 is 8.81 Å². The quantitative estimate of drug-likeness (QED) is 0.494. The molecule has 30 heavy (non-hydrogen) atoms. The number of para-hydroxylation sites is 1. The van der Waals surface area contributed by atoms with Crippen LogP contribution < -0.4 is 11.2 Å². The van der Waals surface area contributed by atoms with Crippen LogP contribution in [0.15, 0.2) is 70.4 Å². The van der Waals surface area contributed by atoms with Gasteiger partial charge in [-0.2, -0.15) is 0 Å². The van der Waals surface area contributed by atoms with Crippen LogP contribution in [-0.2, 0) is 13.0 Å². The van der Waals surface area contributed by atoms with Crippen LogP contribution in [0.3, 0.4) is 0 Å². The van der Waals surface area contributed by atoms with Gasteiger partial charge in [-0.1, -0.05) is 30.3 Å². The van der Waals surface area contributed by atoms with Crippen molar-refractivity contribution in [2.24, 2.45) is 0 Å². The topological polar surface area (TPSA) is 99.8 Å². The number of hydrogen-bond acceptors (Lipinski definition) is 6. The van der Waals surface area contributed by atoms with E-state index in [9.17, 15) is 9.18 Å². The number of hydrogen-bond donors (Lipinski definition) is 1. The third kappa shape index (κ3) is 2.89. The van der Waals surface area contributed by atoms with Crippen molar-refractivity contribution in [1.82, 2.24) is 19.5 Å². The largest absolute Gasteiger partial charge is 0.460 e. The van der Waals surface area contributed by atoms with Crippen molar-refractivity contribution in [3.63, 3.8) is 0 Å². The van der Waals surface area contributed by atoms with Crippen LogP contribution in [0.25, 0.3) is 33.3 Å². The number of nitrogen functional groups attached to an aromatic ring is 1. The van der Waals surface area contributed by atoms with E-state index in [2.05, 4.69) is 15.0 Å². The van der Waals surface area contributed by atoms with E-state index in [1.54, 1.807) is 53.4 Å². The molecule has 0 fully saturated rings. The summed E-state index contributed by atoms with van der Waals surface area (Å²) < 4.78 is 22.4. The second-order valence-corrected chi connectivity index (χ2v) is 6.82. The average molecular weight is 401 g/mol. The zero-order chi connectivity index (χ0) is 20.7. The fourth-order valence-corrected chi connectivity index (χ4v) is 3.59. The Morgan fingerprint density at radius 1 is 1.03 bits per heavy atom. The molecule has 2 aromatic carbocycles. The van der Waals surface area contributed by atoms with Gasteiger partial charge in [0.05, 0.1) is 17.3 Å². The molecular formula is C22H16FN5O2. The summed E-state index contributed by atoms with van der Waals surface area (Å²) in [6, 6.07) is 13.1. The lowest BCUT2D eigenvalue weighted by atomic mass is 10.00. The second-order valence-electron chi connectivity index (χ2n) is 6.82. The van der Waals surface area contributed by atoms with E-state index >= 15 is 0 Å². The molecular weight excluding hydrogens is 385 g/mol. The molecule has 5 aromatic rings. The Hall–Kier alpha value is -4.07. The van der Waals surface area contributed by atoms with Crippen LogP contribution in [0.4, 0.5) is 10.2 Å². The summed E-state index contributed by atoms with van der Waals surface area (Å²) in [5, 5.41) is 0.410. The lowest BCUT2D eigenvalue weighted by molar-refractivity contribution is 0.515. The Morgan fingerprint density at radius 3 is 2.70 bits per heavy atom. The molecule has 0 bridgehead atoms. The van der Waals surface area contributed by atoms with Gasteiger partial charge in [-0.3, -0.25) is 4.79 Å². The van der Waals surface area contributed by atoms with Crippen molar-refractivity contribution in [1.29, 1.82) is 0 Å². The molecule has 0 aliphatic rings. The molecule has 2 N–H and O–H groups in total. The summed E-state index contributed by atoms with van der Waals surface area (Å²) in [5.41, 5.74) is 7.57. The zero-order valence-electron chi connectivity index (χ0n) is 15.7. The molecule has 0 unspecified atom stereocenters. The van der Waals surface area contributed by atoms with Gasteiger partial charge in [0, 0.05) is 18.5 Å². The van der Waals surface area contributed by atoms with Gasteiger partial charge < -0.3 is 14.7 Å². The molecule has 0 saturated heterocycles. The number of nitrogens with two attached hydrogens (primary N) is 1. The lowest BCUT2D eigenvalue weighted by Crippen LogP contribution is -2.12. The average Bonchev–Trinajstić information content (AvgIpc) is 3.18. The summed E-state index contributed by atoms with van der Waals surface area (Å²) in [6.07, 6.45) is 3.31. The van der Waals surface area contributed by atoms with Gasteiger partial charge in [0.15, 0.2) is 11.5 Å². The van der Waals surface area contributed by atoms with Crippen LogP contribution in [0, 0.1) is 5.82 Å². The van der Waals surface area contributed by atoms with Crippen LogP contribution in [0.1, 0.15) is 5.76 Å². The first kappa shape index (κ1) is 18.0. The van der Waals surface area contributed by atoms with E-state index < -0.39 is 5.82 Å². The minimum atomic E-state index is -0.477. The molecule has 5 rings (SSSR count). The first-order valence-electron chi connectivity index (χ1n) is 9.34. The zero-order valence-corrected chi connectivity index (χ0v) is 15.7. The van der Waals surface area contributed by atoms with Gasteiger partial charge in [0.1, 0.15) is 29.0 Å². The number of halogens is 1. The van der Waals surface area contributed by atoms with E-state index in [4.69, 9.17) is 10.2 Å². The molecule has 0 saturated carbocycles. The number of anilines is 1. The second kappa shape index (κ2) is 7.07. The number of imidazole rings is 1. The highest BCUT2D eigenvalue weighted by molar-refractivity contribution is 5.83. The molecule has 0 spiro atoms. The third-order valence-electron chi connectivity index (χ3n) is 5.02. The fraction of sp³-hybridized carbons (Fsp3) is 0.0909. The van der Waals surface area contributed by atoms with Crippen LogP contribution >= 0.6 is 0 Å². The fourth-order valence-electron chi connectivity index (χ4n) is 3.59. The van der Waals surface area contributed by atoms with Crippen molar-refractivity contribution in [3.05, 3.63) is 83.0 Å². The maximum Gasteiger partial charge on any atom is 0.200 e. The van der Waals surface area contributed by atoms with Crippen LogP contribution in [-0.4, -0.2) is 19.5 Å². The maximum atomic E-state index is 14.6. The maximum absolute atomic E-state index is 14.6. The van der Waals surface area contributed by atoms with Crippen molar-refractivity contribution >= 4 is 28.0 Å². The molecule has 0 atom stereocenters. The predicted molar refractivity (Wildman–Crippen MR) is 111 cm³/mol. The first-order chi connectivity index (χ1) is 14.6. The number of fused-ring (bicyclic) bond motifs is 2. The Kier molecular flexibility index (Phi) is 4.24. The number of benzene rings is 2. The minimum Gasteiger partial charge on any atom is -0.460 e. The van der Waals surface area contributed by atoms with Crippen molar-refractivity contribution in [2.45, 2.75) is 13.0 Å². The first-order valence-corrected chi connectivity index (χ1v) is 9.34. The normalized spacial score (nSPS) is 11.4. The molecule has 0 aliphatic carbocycles. The summed E-state index contributed by atoms with van der Waals surface area (Å²) in [4.78, 5) is 25.7. The third-order valence-corrected chi connectivity index (χ3v) is 5.02. The summed E-state index contributed by atoms with van der Waals surface area (Å²) in [7, 11) is 0. The molecule has 7 nitrogen and oxygen atoms in total. The summed E-state index contributed by atoms with van der Waals surface area (Å²) >= 11 is 0. The van der Waals surface area contributed by atoms with Gasteiger partial charge in [-0.05, 0) is 18.2 Å². The summed E-state index contributed by atoms with van der Waals surface area (Å²) in [5.74, 6) is 0.214. The molecule has 3 heterocycles. The number of nitrogens with zero attached hydrogens (tertiary/aromatic N) is 4. The van der Waals surface area contributed by atoms with Crippen molar-refractivity contribution in [2.75, 3.05) is 5.73 Å². The van der Waals surface area contributed by atoms with Gasteiger partial charge in [0.2, 0.25) is 5.43 Å². The monoisotopic (exact) mass is 401 g/mol. The van der Waals surface area contributed by atoms with Gasteiger partial charge in [-0.15, -0.1) is 0 Å². The predicted octanol–water partition coefficient (Wildman–Crippen LogP) is 3.56. The van der Waals surface area contributed by atoms with Crippen LogP contribution in [0.2, 0.25) is 0 Å². The van der Waals surface area contributed by atoms with Crippen molar-refractivity contribution in [3.8, 4) is 11.1 Å². The SMILES string of the molecule is Nc1ncnc2c1ncn2CCc1oc2ccccc2c(=O)c1-c1ccccc1F. The van der Waals surface area contributed by atoms with Crippen LogP contribution in [0.5, 0.6) is 0 Å². The van der Waals surface area contributed by atoms with E-state index in [-0.39, 0.29) is 16.6 Å². The van der Waals surface area contributed by atoms with E-state index in [0.717, 1.165) is 0 Å². The summed E-state index contributed by atoms with van der Waals surface area (Å²) in [6.45, 7) is 0.412. The molecule has 0 radical (unpaired) electrons. The van der Waals surface area contributed by atoms with Gasteiger partial charge >= 0.3 is 0 Å². The van der Waals surface area contributed by atoms with Gasteiger partial charge in [-0.25, -0.2) is 19.3 Å². The number of rotatable bonds is 4. The Bertz CT molecular complexity index is 1460. The highest BCUT2D eigenvalue weighted by Gasteiger charge is 2.19.